The van der Waals surface area contributed by atoms with Gasteiger partial charge in [-0.15, -0.1) is 0 Å². The summed E-state index contributed by atoms with van der Waals surface area (Å²) >= 11 is 0. The summed E-state index contributed by atoms with van der Waals surface area (Å²) in [5.74, 6) is 1.42. The van der Waals surface area contributed by atoms with Crippen LogP contribution in [0.1, 0.15) is 171 Å². The average Bonchev–Trinajstić information content (AvgIpc) is 3.43. The number of phosphoric acid groups is 1. The number of esters is 2. The predicted octanol–water partition coefficient (Wildman–Crippen LogP) is 10.4. The lowest BCUT2D eigenvalue weighted by atomic mass is 10.0. The highest BCUT2D eigenvalue weighted by atomic mass is 31.2. The first kappa shape index (κ1) is 50.5. The van der Waals surface area contributed by atoms with Crippen molar-refractivity contribution in [2.45, 2.75) is 181 Å². The standard InChI is InChI=1S/C43H74NO10P/c1-5-7-9-10-11-15-21-26-38(45)27-22-16-14-19-24-30-42(46)50-34-39(35-52-55(48,49)51-33-32-44)53-43(47)31-25-18-13-12-17-23-29-41-37(4)36(3)40(54-41)28-20-8-6-2/h11,15,21,26,39H,5-10,12-14,16-20,22-25,27-35,44H2,1-4H3,(H,48,49)/b15-11-,26-21+/t39-/m1/s1. The molecule has 1 aromatic rings. The fraction of sp³-hybridized carbons (Fsp3) is 0.744. The van der Waals surface area contributed by atoms with Gasteiger partial charge in [-0.3, -0.25) is 23.4 Å². The molecule has 1 aromatic heterocycles. The zero-order valence-electron chi connectivity index (χ0n) is 34.6. The van der Waals surface area contributed by atoms with Gasteiger partial charge in [-0.1, -0.05) is 103 Å². The number of rotatable bonds is 36. The predicted molar refractivity (Wildman–Crippen MR) is 219 cm³/mol. The van der Waals surface area contributed by atoms with Crippen LogP contribution in [0.5, 0.6) is 0 Å². The Morgan fingerprint density at radius 3 is 1.87 bits per heavy atom. The molecule has 0 saturated heterocycles. The van der Waals surface area contributed by atoms with E-state index in [4.69, 9.17) is 28.7 Å². The van der Waals surface area contributed by atoms with E-state index < -0.39 is 32.5 Å². The highest BCUT2D eigenvalue weighted by molar-refractivity contribution is 7.47. The van der Waals surface area contributed by atoms with Crippen LogP contribution in [0.4, 0.5) is 0 Å². The molecule has 0 amide bonds. The molecule has 1 rings (SSSR count). The number of furan rings is 1. The van der Waals surface area contributed by atoms with Gasteiger partial charge < -0.3 is 24.5 Å². The van der Waals surface area contributed by atoms with Crippen molar-refractivity contribution in [1.29, 1.82) is 0 Å². The van der Waals surface area contributed by atoms with Crippen LogP contribution >= 0.6 is 7.82 Å². The molecule has 55 heavy (non-hydrogen) atoms. The van der Waals surface area contributed by atoms with Crippen molar-refractivity contribution in [2.24, 2.45) is 5.73 Å². The van der Waals surface area contributed by atoms with Crippen molar-refractivity contribution in [3.63, 3.8) is 0 Å². The van der Waals surface area contributed by atoms with Gasteiger partial charge >= 0.3 is 19.8 Å². The second-order valence-corrected chi connectivity index (χ2v) is 15.9. The van der Waals surface area contributed by atoms with Crippen LogP contribution in [0.25, 0.3) is 0 Å². The first-order chi connectivity index (χ1) is 26.5. The van der Waals surface area contributed by atoms with Crippen molar-refractivity contribution in [2.75, 3.05) is 26.4 Å². The molecular formula is C43H74NO10P. The van der Waals surface area contributed by atoms with Crippen molar-refractivity contribution >= 4 is 25.5 Å². The number of carbonyl (C=O) groups is 3. The third-order valence-electron chi connectivity index (χ3n) is 9.52. The Balaban J connectivity index is 2.34. The Hall–Kier alpha value is -2.56. The van der Waals surface area contributed by atoms with E-state index in [0.29, 0.717) is 19.3 Å². The smallest absolute Gasteiger partial charge is 0.466 e. The summed E-state index contributed by atoms with van der Waals surface area (Å²) in [5.41, 5.74) is 7.92. The highest BCUT2D eigenvalue weighted by Crippen LogP contribution is 2.43. The topological polar surface area (TPSA) is 165 Å². The molecule has 0 saturated carbocycles. The van der Waals surface area contributed by atoms with Gasteiger partial charge in [0.05, 0.1) is 13.2 Å². The molecule has 0 aliphatic rings. The fourth-order valence-corrected chi connectivity index (χ4v) is 6.79. The largest absolute Gasteiger partial charge is 0.472 e. The van der Waals surface area contributed by atoms with E-state index >= 15 is 0 Å². The van der Waals surface area contributed by atoms with Crippen LogP contribution in [-0.4, -0.2) is 55.1 Å². The first-order valence-corrected chi connectivity index (χ1v) is 22.6. The van der Waals surface area contributed by atoms with Gasteiger partial charge in [0, 0.05) is 38.6 Å². The number of ketones is 1. The molecule has 1 unspecified atom stereocenters. The third-order valence-corrected chi connectivity index (χ3v) is 10.5. The van der Waals surface area contributed by atoms with Gasteiger partial charge in [0.2, 0.25) is 0 Å². The molecule has 0 aromatic carbocycles. The van der Waals surface area contributed by atoms with E-state index in [1.165, 1.54) is 43.2 Å². The van der Waals surface area contributed by atoms with Gasteiger partial charge in [0.15, 0.2) is 11.9 Å². The van der Waals surface area contributed by atoms with E-state index in [0.717, 1.165) is 95.0 Å². The average molecular weight is 796 g/mol. The highest BCUT2D eigenvalue weighted by Gasteiger charge is 2.26. The number of allylic oxidation sites excluding steroid dienone is 4. The lowest BCUT2D eigenvalue weighted by molar-refractivity contribution is -0.161. The van der Waals surface area contributed by atoms with E-state index in [1.54, 1.807) is 6.08 Å². The van der Waals surface area contributed by atoms with Gasteiger partial charge in [0.25, 0.3) is 0 Å². The molecule has 0 aliphatic carbocycles. The number of aryl methyl sites for hydroxylation is 2. The zero-order chi connectivity index (χ0) is 40.6. The summed E-state index contributed by atoms with van der Waals surface area (Å²) in [7, 11) is -4.42. The molecule has 3 N–H and O–H groups in total. The van der Waals surface area contributed by atoms with E-state index in [9.17, 15) is 23.8 Å². The zero-order valence-corrected chi connectivity index (χ0v) is 35.5. The summed E-state index contributed by atoms with van der Waals surface area (Å²) in [6, 6.07) is 0. The molecular weight excluding hydrogens is 721 g/mol. The molecule has 0 bridgehead atoms. The minimum Gasteiger partial charge on any atom is -0.466 e. The molecule has 0 fully saturated rings. The second kappa shape index (κ2) is 32.5. The third kappa shape index (κ3) is 26.8. The summed E-state index contributed by atoms with van der Waals surface area (Å²) in [5, 5.41) is 0. The van der Waals surface area contributed by atoms with Crippen molar-refractivity contribution in [1.82, 2.24) is 0 Å². The maximum absolute atomic E-state index is 12.6. The molecule has 0 spiro atoms. The van der Waals surface area contributed by atoms with Crippen molar-refractivity contribution < 1.29 is 46.8 Å². The number of hydrogen-bond acceptors (Lipinski definition) is 10. The monoisotopic (exact) mass is 796 g/mol. The summed E-state index contributed by atoms with van der Waals surface area (Å²) in [6.45, 7) is 7.76. The van der Waals surface area contributed by atoms with Gasteiger partial charge in [-0.2, -0.15) is 0 Å². The number of hydrogen-bond donors (Lipinski definition) is 2. The molecule has 2 atom stereocenters. The minimum absolute atomic E-state index is 0.0277. The van der Waals surface area contributed by atoms with Gasteiger partial charge in [-0.05, 0) is 76.0 Å². The fourth-order valence-electron chi connectivity index (χ4n) is 6.03. The van der Waals surface area contributed by atoms with Crippen LogP contribution in [0.15, 0.2) is 28.7 Å². The summed E-state index contributed by atoms with van der Waals surface area (Å²) in [4.78, 5) is 47.0. The maximum atomic E-state index is 12.6. The number of unbranched alkanes of at least 4 members (excludes halogenated alkanes) is 14. The first-order valence-electron chi connectivity index (χ1n) is 21.1. The van der Waals surface area contributed by atoms with Crippen LogP contribution in [0.3, 0.4) is 0 Å². The van der Waals surface area contributed by atoms with Crippen molar-refractivity contribution in [3.05, 3.63) is 47.0 Å². The van der Waals surface area contributed by atoms with Crippen LogP contribution in [0.2, 0.25) is 0 Å². The molecule has 0 aliphatic heterocycles. The lowest BCUT2D eigenvalue weighted by Gasteiger charge is -2.19. The second-order valence-electron chi connectivity index (χ2n) is 14.5. The Morgan fingerprint density at radius 2 is 1.25 bits per heavy atom. The minimum atomic E-state index is -4.42. The number of nitrogens with two attached hydrogens (primary N) is 1. The summed E-state index contributed by atoms with van der Waals surface area (Å²) in [6.07, 6.45) is 27.2. The molecule has 1 heterocycles. The number of phosphoric ester groups is 1. The SMILES string of the molecule is CCCCC/C=C\C=C\C(=O)CCCCCCCC(=O)OC[C@H](COP(=O)(O)OCCN)OC(=O)CCCCCCCCc1oc(CCCCC)c(C)c1C. The Kier molecular flexibility index (Phi) is 29.8. The van der Waals surface area contributed by atoms with Crippen LogP contribution in [0, 0.1) is 13.8 Å². The van der Waals surface area contributed by atoms with E-state index in [-0.39, 0.29) is 38.4 Å². The quantitative estimate of drug-likeness (QED) is 0.0218. The maximum Gasteiger partial charge on any atom is 0.472 e. The van der Waals surface area contributed by atoms with Gasteiger partial charge in [-0.25, -0.2) is 4.57 Å². The Labute approximate surface area is 332 Å². The molecule has 11 nitrogen and oxygen atoms in total. The Bertz CT molecular complexity index is 1290. The molecule has 12 heteroatoms. The van der Waals surface area contributed by atoms with E-state index in [1.807, 2.05) is 12.2 Å². The van der Waals surface area contributed by atoms with E-state index in [2.05, 4.69) is 33.8 Å². The number of carbonyl (C=O) groups excluding carboxylic acids is 3. The van der Waals surface area contributed by atoms with Crippen LogP contribution in [-0.2, 0) is 50.3 Å². The summed E-state index contributed by atoms with van der Waals surface area (Å²) < 4.78 is 38.9. The molecule has 316 valence electrons. The lowest BCUT2D eigenvalue weighted by Crippen LogP contribution is -2.29. The number of ether oxygens (including phenoxy) is 2. The normalized spacial score (nSPS) is 13.4. The van der Waals surface area contributed by atoms with Crippen LogP contribution < -0.4 is 5.73 Å². The van der Waals surface area contributed by atoms with Crippen molar-refractivity contribution in [3.8, 4) is 0 Å². The Morgan fingerprint density at radius 1 is 0.709 bits per heavy atom. The van der Waals surface area contributed by atoms with Gasteiger partial charge in [0.1, 0.15) is 18.1 Å². The molecule has 0 radical (unpaired) electrons.